The largest absolute Gasteiger partial charge is 0.370 e. The van der Waals surface area contributed by atoms with E-state index in [1.165, 1.54) is 36.9 Å². The monoisotopic (exact) mass is 405 g/mol. The smallest absolute Gasteiger partial charge is 0.191 e. The molecule has 1 fully saturated rings. The van der Waals surface area contributed by atoms with Crippen LogP contribution in [0, 0.1) is 13.8 Å². The van der Waals surface area contributed by atoms with E-state index in [9.17, 15) is 0 Å². The van der Waals surface area contributed by atoms with Gasteiger partial charge in [0.1, 0.15) is 0 Å². The Balaban J connectivity index is 0.00000220. The van der Waals surface area contributed by atoms with Crippen LogP contribution in [0.1, 0.15) is 42.6 Å². The minimum Gasteiger partial charge on any atom is -0.370 e. The van der Waals surface area contributed by atoms with Crippen molar-refractivity contribution >= 4 is 29.9 Å². The molecule has 0 bridgehead atoms. The van der Waals surface area contributed by atoms with Gasteiger partial charge < -0.3 is 10.6 Å². The van der Waals surface area contributed by atoms with Crippen molar-refractivity contribution in [3.05, 3.63) is 17.0 Å². The summed E-state index contributed by atoms with van der Waals surface area (Å²) in [5.74, 6) is 0.714. The predicted molar refractivity (Wildman–Crippen MR) is 98.3 cm³/mol. The zero-order valence-corrected chi connectivity index (χ0v) is 15.8. The Bertz CT molecular complexity index is 473. The Morgan fingerprint density at radius 1 is 1.19 bits per heavy atom. The summed E-state index contributed by atoms with van der Waals surface area (Å²) in [6.45, 7) is 7.03. The molecule has 0 saturated carbocycles. The Kier molecular flexibility index (Phi) is 7.48. The van der Waals surface area contributed by atoms with Crippen LogP contribution in [0.3, 0.4) is 0 Å². The molecule has 1 aliphatic rings. The molecule has 1 saturated heterocycles. The maximum atomic E-state index is 6.12. The molecule has 0 radical (unpaired) electrons. The van der Waals surface area contributed by atoms with Gasteiger partial charge >= 0.3 is 0 Å². The number of aromatic nitrogens is 2. The second kappa shape index (κ2) is 8.60. The zero-order chi connectivity index (χ0) is 14.5. The van der Waals surface area contributed by atoms with E-state index in [1.807, 2.05) is 11.7 Å². The minimum atomic E-state index is 0. The van der Waals surface area contributed by atoms with Gasteiger partial charge in [-0.05, 0) is 38.7 Å². The molecule has 5 nitrogen and oxygen atoms in total. The first-order valence-electron chi connectivity index (χ1n) is 7.63. The van der Waals surface area contributed by atoms with E-state index >= 15 is 0 Å². The highest BCUT2D eigenvalue weighted by molar-refractivity contribution is 14.0. The number of likely N-dealkylation sites (tertiary alicyclic amines) is 1. The molecule has 0 amide bonds. The normalized spacial score (nSPS) is 16.5. The second-order valence-electron chi connectivity index (χ2n) is 5.66. The molecule has 6 heteroatoms. The van der Waals surface area contributed by atoms with Gasteiger partial charge in [-0.25, -0.2) is 0 Å². The van der Waals surface area contributed by atoms with Gasteiger partial charge in [-0.2, -0.15) is 5.10 Å². The van der Waals surface area contributed by atoms with E-state index in [0.29, 0.717) is 5.96 Å². The Hall–Kier alpha value is -0.790. The number of hydrogen-bond donors (Lipinski definition) is 1. The van der Waals surface area contributed by atoms with Crippen molar-refractivity contribution in [3.8, 4) is 0 Å². The van der Waals surface area contributed by atoms with Crippen molar-refractivity contribution in [2.75, 3.05) is 19.6 Å². The van der Waals surface area contributed by atoms with Gasteiger partial charge in [-0.15, -0.1) is 24.0 Å². The molecule has 2 heterocycles. The van der Waals surface area contributed by atoms with Crippen molar-refractivity contribution < 1.29 is 0 Å². The fourth-order valence-corrected chi connectivity index (χ4v) is 2.86. The van der Waals surface area contributed by atoms with Crippen molar-refractivity contribution in [1.82, 2.24) is 14.7 Å². The molecule has 0 unspecified atom stereocenters. The highest BCUT2D eigenvalue weighted by atomic mass is 127. The van der Waals surface area contributed by atoms with Crippen molar-refractivity contribution in [3.63, 3.8) is 0 Å². The average molecular weight is 405 g/mol. The van der Waals surface area contributed by atoms with E-state index in [0.717, 1.165) is 31.7 Å². The first kappa shape index (κ1) is 18.3. The van der Waals surface area contributed by atoms with Crippen LogP contribution in [-0.2, 0) is 13.5 Å². The molecule has 21 heavy (non-hydrogen) atoms. The molecule has 1 aromatic rings. The van der Waals surface area contributed by atoms with Crippen molar-refractivity contribution in [2.24, 2.45) is 17.8 Å². The lowest BCUT2D eigenvalue weighted by atomic mass is 10.1. The third-order valence-corrected chi connectivity index (χ3v) is 4.22. The first-order chi connectivity index (χ1) is 9.59. The summed E-state index contributed by atoms with van der Waals surface area (Å²) in [5, 5.41) is 4.44. The molecule has 0 spiro atoms. The lowest BCUT2D eigenvalue weighted by molar-refractivity contribution is 0.428. The number of nitrogens with zero attached hydrogens (tertiary/aromatic N) is 4. The van der Waals surface area contributed by atoms with Gasteiger partial charge in [0.05, 0.1) is 5.69 Å². The van der Waals surface area contributed by atoms with Gasteiger partial charge in [0.2, 0.25) is 0 Å². The minimum absolute atomic E-state index is 0. The van der Waals surface area contributed by atoms with E-state index < -0.39 is 0 Å². The molecule has 1 aliphatic heterocycles. The molecule has 0 aliphatic carbocycles. The van der Waals surface area contributed by atoms with Crippen molar-refractivity contribution in [1.29, 1.82) is 0 Å². The fraction of sp³-hybridized carbons (Fsp3) is 0.733. The molecular formula is C15H28IN5. The number of aryl methyl sites for hydroxylation is 2. The molecule has 1 aromatic heterocycles. The lowest BCUT2D eigenvalue weighted by Crippen LogP contribution is -2.38. The third-order valence-electron chi connectivity index (χ3n) is 4.22. The van der Waals surface area contributed by atoms with Gasteiger partial charge in [0.25, 0.3) is 0 Å². The number of hydrogen-bond acceptors (Lipinski definition) is 2. The summed E-state index contributed by atoms with van der Waals surface area (Å²) in [5.41, 5.74) is 9.76. The van der Waals surface area contributed by atoms with Crippen LogP contribution in [0.2, 0.25) is 0 Å². The Morgan fingerprint density at radius 3 is 2.33 bits per heavy atom. The quantitative estimate of drug-likeness (QED) is 0.477. The van der Waals surface area contributed by atoms with Crippen LogP contribution in [0.5, 0.6) is 0 Å². The first-order valence-corrected chi connectivity index (χ1v) is 7.63. The SMILES string of the molecule is Cc1nn(C)c(C)c1CCN=C(N)N1CCCCCC1.I. The molecule has 120 valence electrons. The number of guanidine groups is 1. The van der Waals surface area contributed by atoms with Gasteiger partial charge in [0.15, 0.2) is 5.96 Å². The number of aliphatic imine (C=N–C) groups is 1. The maximum absolute atomic E-state index is 6.12. The van der Waals surface area contributed by atoms with Gasteiger partial charge in [0, 0.05) is 32.4 Å². The number of rotatable bonds is 3. The summed E-state index contributed by atoms with van der Waals surface area (Å²) in [6.07, 6.45) is 6.02. The molecular weight excluding hydrogens is 377 g/mol. The molecule has 2 rings (SSSR count). The average Bonchev–Trinajstić information content (AvgIpc) is 2.67. The van der Waals surface area contributed by atoms with Crippen LogP contribution in [0.4, 0.5) is 0 Å². The van der Waals surface area contributed by atoms with Crippen LogP contribution in [0.25, 0.3) is 0 Å². The standard InChI is InChI=1S/C15H27N5.HI/c1-12-14(13(2)19(3)18-12)8-9-17-15(16)20-10-6-4-5-7-11-20;/h4-11H2,1-3H3,(H2,16,17);1H. The van der Waals surface area contributed by atoms with E-state index in [4.69, 9.17) is 5.73 Å². The van der Waals surface area contributed by atoms with E-state index in [2.05, 4.69) is 28.8 Å². The topological polar surface area (TPSA) is 59.4 Å². The fourth-order valence-electron chi connectivity index (χ4n) is 2.86. The van der Waals surface area contributed by atoms with Crippen LogP contribution in [0.15, 0.2) is 4.99 Å². The summed E-state index contributed by atoms with van der Waals surface area (Å²) in [7, 11) is 1.99. The van der Waals surface area contributed by atoms with E-state index in [1.54, 1.807) is 0 Å². The summed E-state index contributed by atoms with van der Waals surface area (Å²) < 4.78 is 1.94. The number of nitrogens with two attached hydrogens (primary N) is 1. The summed E-state index contributed by atoms with van der Waals surface area (Å²) >= 11 is 0. The maximum Gasteiger partial charge on any atom is 0.191 e. The lowest BCUT2D eigenvalue weighted by Gasteiger charge is -2.21. The second-order valence-corrected chi connectivity index (χ2v) is 5.66. The van der Waals surface area contributed by atoms with Crippen LogP contribution < -0.4 is 5.73 Å². The van der Waals surface area contributed by atoms with Crippen LogP contribution >= 0.6 is 24.0 Å². The Labute approximate surface area is 145 Å². The molecule has 2 N–H and O–H groups in total. The summed E-state index contributed by atoms with van der Waals surface area (Å²) in [4.78, 5) is 6.79. The van der Waals surface area contributed by atoms with Gasteiger partial charge in [-0.3, -0.25) is 9.67 Å². The zero-order valence-electron chi connectivity index (χ0n) is 13.4. The highest BCUT2D eigenvalue weighted by Crippen LogP contribution is 2.13. The molecule has 0 aromatic carbocycles. The highest BCUT2D eigenvalue weighted by Gasteiger charge is 2.11. The van der Waals surface area contributed by atoms with Gasteiger partial charge in [-0.1, -0.05) is 12.8 Å². The van der Waals surface area contributed by atoms with E-state index in [-0.39, 0.29) is 24.0 Å². The predicted octanol–water partition coefficient (Wildman–Crippen LogP) is 2.39. The third kappa shape index (κ3) is 4.86. The molecule has 0 atom stereocenters. The van der Waals surface area contributed by atoms with Crippen molar-refractivity contribution in [2.45, 2.75) is 46.0 Å². The number of halogens is 1. The van der Waals surface area contributed by atoms with Crippen LogP contribution in [-0.4, -0.2) is 40.3 Å². The summed E-state index contributed by atoms with van der Waals surface area (Å²) in [6, 6.07) is 0. The Morgan fingerprint density at radius 2 is 1.81 bits per heavy atom.